The molecule has 1 fully saturated rings. The number of aliphatic hydroxyl groups excluding tert-OH is 3. The molecule has 26 heavy (non-hydrogen) atoms. The average molecular weight is 357 g/mol. The maximum atomic E-state index is 10.2. The maximum Gasteiger partial charge on any atom is 0.167 e. The number of nitrogens with zero attached hydrogens (tertiary/aromatic N) is 4. The highest BCUT2D eigenvalue weighted by molar-refractivity contribution is 5.82. The van der Waals surface area contributed by atoms with Crippen LogP contribution >= 0.6 is 0 Å². The van der Waals surface area contributed by atoms with Crippen LogP contribution in [0.25, 0.3) is 11.2 Å². The Balaban J connectivity index is 1.61. The lowest BCUT2D eigenvalue weighted by atomic mass is 10.1. The van der Waals surface area contributed by atoms with Crippen LogP contribution in [0, 0.1) is 0 Å². The molecule has 0 aliphatic carbocycles. The Kier molecular flexibility index (Phi) is 4.51. The van der Waals surface area contributed by atoms with E-state index in [9.17, 15) is 15.3 Å². The molecule has 1 aliphatic rings. The van der Waals surface area contributed by atoms with Gasteiger partial charge in [-0.05, 0) is 5.56 Å². The van der Waals surface area contributed by atoms with Crippen molar-refractivity contribution in [3.8, 4) is 0 Å². The first kappa shape index (κ1) is 16.9. The van der Waals surface area contributed by atoms with Crippen molar-refractivity contribution in [1.29, 1.82) is 0 Å². The third-order valence-electron chi connectivity index (χ3n) is 4.45. The van der Waals surface area contributed by atoms with Gasteiger partial charge in [-0.1, -0.05) is 30.3 Å². The van der Waals surface area contributed by atoms with E-state index in [1.54, 1.807) is 0 Å². The molecule has 0 saturated carbocycles. The summed E-state index contributed by atoms with van der Waals surface area (Å²) >= 11 is 0. The quantitative estimate of drug-likeness (QED) is 0.505. The number of anilines is 1. The van der Waals surface area contributed by atoms with Gasteiger partial charge in [-0.25, -0.2) is 15.0 Å². The molecular weight excluding hydrogens is 338 g/mol. The summed E-state index contributed by atoms with van der Waals surface area (Å²) in [5.41, 5.74) is 2.09. The Hall–Kier alpha value is -2.59. The van der Waals surface area contributed by atoms with E-state index in [1.807, 2.05) is 30.3 Å². The van der Waals surface area contributed by atoms with E-state index in [-0.39, 0.29) is 6.61 Å². The number of aliphatic hydroxyl groups is 3. The largest absolute Gasteiger partial charge is 0.394 e. The van der Waals surface area contributed by atoms with Crippen molar-refractivity contribution in [2.75, 3.05) is 11.9 Å². The Labute approximate surface area is 148 Å². The van der Waals surface area contributed by atoms with E-state index in [0.717, 1.165) is 5.56 Å². The summed E-state index contributed by atoms with van der Waals surface area (Å²) in [6, 6.07) is 9.88. The van der Waals surface area contributed by atoms with Crippen LogP contribution in [-0.4, -0.2) is 59.8 Å². The molecule has 4 N–H and O–H groups in total. The lowest BCUT2D eigenvalue weighted by Crippen LogP contribution is -2.33. The molecule has 0 spiro atoms. The van der Waals surface area contributed by atoms with Crippen molar-refractivity contribution in [3.63, 3.8) is 0 Å². The second-order valence-electron chi connectivity index (χ2n) is 6.11. The molecule has 1 aliphatic heterocycles. The average Bonchev–Trinajstić information content (AvgIpc) is 3.23. The summed E-state index contributed by atoms with van der Waals surface area (Å²) in [7, 11) is 0. The van der Waals surface area contributed by atoms with Gasteiger partial charge >= 0.3 is 0 Å². The van der Waals surface area contributed by atoms with Crippen LogP contribution in [0.2, 0.25) is 0 Å². The van der Waals surface area contributed by atoms with Gasteiger partial charge in [0.1, 0.15) is 24.6 Å². The summed E-state index contributed by atoms with van der Waals surface area (Å²) in [6.45, 7) is 0.188. The predicted molar refractivity (Wildman–Crippen MR) is 92.1 cm³/mol. The highest BCUT2D eigenvalue weighted by Crippen LogP contribution is 2.32. The minimum absolute atomic E-state index is 0.389. The molecule has 2 unspecified atom stereocenters. The Bertz CT molecular complexity index is 887. The number of nitrogens with one attached hydrogen (secondary N) is 1. The number of benzene rings is 1. The van der Waals surface area contributed by atoms with Crippen molar-refractivity contribution in [3.05, 3.63) is 48.5 Å². The lowest BCUT2D eigenvalue weighted by molar-refractivity contribution is -0.0511. The summed E-state index contributed by atoms with van der Waals surface area (Å²) in [6.07, 6.45) is -1.24. The van der Waals surface area contributed by atoms with Crippen LogP contribution in [0.3, 0.4) is 0 Å². The normalized spacial score (nSPS) is 25.7. The molecule has 0 bridgehead atoms. The van der Waals surface area contributed by atoms with Crippen LogP contribution in [0.5, 0.6) is 0 Å². The fourth-order valence-electron chi connectivity index (χ4n) is 3.06. The zero-order valence-corrected chi connectivity index (χ0v) is 13.8. The summed E-state index contributed by atoms with van der Waals surface area (Å²) in [5.74, 6) is 0.560. The van der Waals surface area contributed by atoms with Crippen molar-refractivity contribution in [2.45, 2.75) is 31.1 Å². The smallest absolute Gasteiger partial charge is 0.167 e. The molecule has 4 rings (SSSR count). The van der Waals surface area contributed by atoms with E-state index in [1.165, 1.54) is 17.2 Å². The van der Waals surface area contributed by atoms with Crippen LogP contribution in [0.1, 0.15) is 11.8 Å². The molecular formula is C17H19N5O4. The first-order valence-electron chi connectivity index (χ1n) is 8.27. The van der Waals surface area contributed by atoms with Gasteiger partial charge in [0.25, 0.3) is 0 Å². The number of hydrogen-bond donors (Lipinski definition) is 4. The number of imidazole rings is 1. The molecule has 3 heterocycles. The van der Waals surface area contributed by atoms with Crippen molar-refractivity contribution in [2.24, 2.45) is 0 Å². The first-order valence-corrected chi connectivity index (χ1v) is 8.27. The maximum absolute atomic E-state index is 10.2. The minimum Gasteiger partial charge on any atom is -0.394 e. The van der Waals surface area contributed by atoms with Gasteiger partial charge in [-0.3, -0.25) is 4.57 Å². The minimum atomic E-state index is -1.19. The van der Waals surface area contributed by atoms with Gasteiger partial charge in [0, 0.05) is 6.54 Å². The molecule has 3 aromatic rings. The van der Waals surface area contributed by atoms with Gasteiger partial charge in [0.2, 0.25) is 0 Å². The van der Waals surface area contributed by atoms with Crippen LogP contribution < -0.4 is 5.32 Å². The highest BCUT2D eigenvalue weighted by Gasteiger charge is 2.44. The predicted octanol–water partition coefficient (Wildman–Crippen LogP) is 0.0499. The van der Waals surface area contributed by atoms with Gasteiger partial charge in [0.05, 0.1) is 12.9 Å². The summed E-state index contributed by atoms with van der Waals surface area (Å²) in [4.78, 5) is 12.8. The highest BCUT2D eigenvalue weighted by atomic mass is 16.6. The number of ether oxygens (including phenoxy) is 1. The van der Waals surface area contributed by atoms with E-state index in [0.29, 0.717) is 23.5 Å². The Morgan fingerprint density at radius 2 is 1.88 bits per heavy atom. The molecule has 9 heteroatoms. The zero-order valence-electron chi connectivity index (χ0n) is 13.8. The van der Waals surface area contributed by atoms with Crippen LogP contribution in [-0.2, 0) is 11.3 Å². The lowest BCUT2D eigenvalue weighted by Gasteiger charge is -2.16. The van der Waals surface area contributed by atoms with Crippen LogP contribution in [0.4, 0.5) is 5.82 Å². The second kappa shape index (κ2) is 6.96. The number of hydrogen-bond acceptors (Lipinski definition) is 8. The topological polar surface area (TPSA) is 126 Å². The second-order valence-corrected chi connectivity index (χ2v) is 6.11. The Morgan fingerprint density at radius 3 is 2.62 bits per heavy atom. The Morgan fingerprint density at radius 1 is 1.08 bits per heavy atom. The van der Waals surface area contributed by atoms with Gasteiger partial charge in [-0.15, -0.1) is 0 Å². The molecule has 136 valence electrons. The van der Waals surface area contributed by atoms with E-state index >= 15 is 0 Å². The van der Waals surface area contributed by atoms with E-state index in [4.69, 9.17) is 4.74 Å². The molecule has 4 atom stereocenters. The molecule has 2 aromatic heterocycles. The van der Waals surface area contributed by atoms with Crippen LogP contribution in [0.15, 0.2) is 43.0 Å². The molecule has 1 saturated heterocycles. The SMILES string of the molecule is OC[C@H]1OC(n2cnc3c(NCc4ccccc4)ncnc32)C(O)[C@@H]1O. The zero-order chi connectivity index (χ0) is 18.1. The molecule has 1 aromatic carbocycles. The first-order chi connectivity index (χ1) is 12.7. The van der Waals surface area contributed by atoms with Gasteiger partial charge in [0.15, 0.2) is 23.2 Å². The molecule has 9 nitrogen and oxygen atoms in total. The van der Waals surface area contributed by atoms with Crippen molar-refractivity contribution < 1.29 is 20.1 Å². The third-order valence-corrected chi connectivity index (χ3v) is 4.45. The number of rotatable bonds is 5. The standard InChI is InChI=1S/C17H19N5O4/c23-7-11-13(24)14(25)17(26-11)22-9-21-12-15(19-8-20-16(12)22)18-6-10-4-2-1-3-5-10/h1-5,8-9,11,13-14,17,23-25H,6-7H2,(H,18,19,20)/t11-,13-,14?,17?/m1/s1. The van der Waals surface area contributed by atoms with E-state index < -0.39 is 24.5 Å². The monoisotopic (exact) mass is 357 g/mol. The van der Waals surface area contributed by atoms with E-state index in [2.05, 4.69) is 20.3 Å². The van der Waals surface area contributed by atoms with Crippen molar-refractivity contribution >= 4 is 17.0 Å². The fourth-order valence-corrected chi connectivity index (χ4v) is 3.06. The number of aromatic nitrogens is 4. The van der Waals surface area contributed by atoms with Gasteiger partial charge < -0.3 is 25.4 Å². The van der Waals surface area contributed by atoms with Gasteiger partial charge in [-0.2, -0.15) is 0 Å². The third kappa shape index (κ3) is 2.90. The fraction of sp³-hybridized carbons (Fsp3) is 0.353. The van der Waals surface area contributed by atoms with Crippen molar-refractivity contribution in [1.82, 2.24) is 19.5 Å². The summed E-state index contributed by atoms with van der Waals surface area (Å²) < 4.78 is 7.08. The number of fused-ring (bicyclic) bond motifs is 1. The summed E-state index contributed by atoms with van der Waals surface area (Å²) in [5, 5.41) is 32.6. The molecule has 0 amide bonds. The molecule has 0 radical (unpaired) electrons.